The Bertz CT molecular complexity index is 705. The summed E-state index contributed by atoms with van der Waals surface area (Å²) in [6, 6.07) is 20.8. The van der Waals surface area contributed by atoms with Gasteiger partial charge in [-0.3, -0.25) is 0 Å². The van der Waals surface area contributed by atoms with Crippen molar-refractivity contribution in [1.82, 2.24) is 0 Å². The van der Waals surface area contributed by atoms with Crippen LogP contribution in [0.1, 0.15) is 37.8 Å². The van der Waals surface area contributed by atoms with Crippen LogP contribution in [0.2, 0.25) is 26.2 Å². The van der Waals surface area contributed by atoms with Crippen LogP contribution in [0.25, 0.3) is 0 Å². The normalized spacial score (nSPS) is 14.2. The van der Waals surface area contributed by atoms with Crippen LogP contribution in [-0.2, 0) is 35.3 Å². The van der Waals surface area contributed by atoms with Crippen molar-refractivity contribution < 1.29 is 22.4 Å². The van der Waals surface area contributed by atoms with E-state index in [1.165, 1.54) is 11.1 Å². The maximum absolute atomic E-state index is 6.56. The van der Waals surface area contributed by atoms with Crippen molar-refractivity contribution in [2.45, 2.75) is 78.3 Å². The molecule has 0 heterocycles. The smallest absolute Gasteiger partial charge is 0.324 e. The minimum absolute atomic E-state index is 0.289. The van der Waals surface area contributed by atoms with Gasteiger partial charge >= 0.3 is 17.1 Å². The van der Waals surface area contributed by atoms with Crippen LogP contribution in [-0.4, -0.2) is 42.9 Å². The average molecular weight is 491 g/mol. The van der Waals surface area contributed by atoms with Crippen molar-refractivity contribution in [3.05, 3.63) is 71.8 Å². The average Bonchev–Trinajstić information content (AvgIpc) is 2.76. The summed E-state index contributed by atoms with van der Waals surface area (Å²) < 4.78 is 31.2. The third kappa shape index (κ3) is 11.6. The van der Waals surface area contributed by atoms with Crippen LogP contribution in [0.15, 0.2) is 60.7 Å². The maximum Gasteiger partial charge on any atom is 0.324 e. The van der Waals surface area contributed by atoms with E-state index in [9.17, 15) is 0 Å². The summed E-state index contributed by atoms with van der Waals surface area (Å²) in [5.41, 5.74) is 2.56. The summed E-state index contributed by atoms with van der Waals surface area (Å²) >= 11 is 0. The molecule has 0 saturated heterocycles. The molecular formula is C26H42O5Si2. The second-order valence-electron chi connectivity index (χ2n) is 8.96. The first kappa shape index (κ1) is 27.9. The molecule has 0 aromatic heterocycles. The number of hydrogen-bond acceptors (Lipinski definition) is 5. The predicted octanol–water partition coefficient (Wildman–Crippen LogP) is 6.43. The fourth-order valence-corrected chi connectivity index (χ4v) is 10.6. The second kappa shape index (κ2) is 14.2. The molecule has 0 saturated carbocycles. The van der Waals surface area contributed by atoms with Gasteiger partial charge in [0, 0.05) is 26.1 Å². The second-order valence-corrected chi connectivity index (χ2v) is 15.8. The standard InChI is InChI=1S/C26H42O5Si2/c1-7-27-25(21-19-23-15-11-9-12-16-23)29-32(3,4)31-33(5,6)30-26(28-8-2)22-20-24-17-13-10-14-18-24/h9-18,25-26H,7-8,19-22H2,1-6H3. The molecule has 2 rings (SSSR count). The van der Waals surface area contributed by atoms with Crippen LogP contribution in [0, 0.1) is 0 Å². The van der Waals surface area contributed by atoms with Crippen molar-refractivity contribution in [3.63, 3.8) is 0 Å². The quantitative estimate of drug-likeness (QED) is 0.200. The van der Waals surface area contributed by atoms with Gasteiger partial charge in [0.2, 0.25) is 0 Å². The van der Waals surface area contributed by atoms with E-state index in [0.717, 1.165) is 25.7 Å². The van der Waals surface area contributed by atoms with Gasteiger partial charge in [0.1, 0.15) is 12.6 Å². The van der Waals surface area contributed by atoms with Gasteiger partial charge in [0.05, 0.1) is 0 Å². The zero-order chi connectivity index (χ0) is 24.2. The van der Waals surface area contributed by atoms with Crippen molar-refractivity contribution >= 4 is 17.1 Å². The van der Waals surface area contributed by atoms with Gasteiger partial charge in [0.15, 0.2) is 0 Å². The topological polar surface area (TPSA) is 46.2 Å². The van der Waals surface area contributed by atoms with Crippen LogP contribution in [0.3, 0.4) is 0 Å². The highest BCUT2D eigenvalue weighted by atomic mass is 28.5. The molecule has 0 radical (unpaired) electrons. The molecule has 0 spiro atoms. The highest BCUT2D eigenvalue weighted by Gasteiger charge is 2.40. The zero-order valence-electron chi connectivity index (χ0n) is 21.2. The SMILES string of the molecule is CCOC(CCc1ccccc1)O[Si](C)(C)O[Si](C)(C)OC(CCc1ccccc1)OCC. The Morgan fingerprint density at radius 2 is 0.970 bits per heavy atom. The molecule has 0 aliphatic heterocycles. The molecule has 2 aromatic carbocycles. The summed E-state index contributed by atoms with van der Waals surface area (Å²) in [5.74, 6) is 0. The molecule has 2 atom stereocenters. The highest BCUT2D eigenvalue weighted by molar-refractivity contribution is 6.78. The van der Waals surface area contributed by atoms with Crippen molar-refractivity contribution in [1.29, 1.82) is 0 Å². The molecule has 0 N–H and O–H groups in total. The van der Waals surface area contributed by atoms with Crippen molar-refractivity contribution in [3.8, 4) is 0 Å². The van der Waals surface area contributed by atoms with E-state index >= 15 is 0 Å². The fraction of sp³-hybridized carbons (Fsp3) is 0.538. The summed E-state index contributed by atoms with van der Waals surface area (Å²) in [6.07, 6.45) is 2.81. The molecule has 0 fully saturated rings. The summed E-state index contributed by atoms with van der Waals surface area (Å²) in [5, 5.41) is 0. The lowest BCUT2D eigenvalue weighted by molar-refractivity contribution is -0.105. The Morgan fingerprint density at radius 1 is 0.606 bits per heavy atom. The number of aryl methyl sites for hydroxylation is 2. The maximum atomic E-state index is 6.56. The van der Waals surface area contributed by atoms with Gasteiger partial charge in [-0.1, -0.05) is 60.7 Å². The van der Waals surface area contributed by atoms with Gasteiger partial charge in [-0.05, 0) is 64.0 Å². The van der Waals surface area contributed by atoms with E-state index in [2.05, 4.69) is 74.7 Å². The van der Waals surface area contributed by atoms with E-state index in [1.54, 1.807) is 0 Å². The van der Waals surface area contributed by atoms with Gasteiger partial charge in [0.25, 0.3) is 0 Å². The van der Waals surface area contributed by atoms with Gasteiger partial charge in [-0.25, -0.2) is 0 Å². The monoisotopic (exact) mass is 490 g/mol. The Kier molecular flexibility index (Phi) is 12.0. The fourth-order valence-electron chi connectivity index (χ4n) is 3.86. The summed E-state index contributed by atoms with van der Waals surface area (Å²) in [6.45, 7) is 13.5. The van der Waals surface area contributed by atoms with Crippen LogP contribution in [0.4, 0.5) is 0 Å². The lowest BCUT2D eigenvalue weighted by Crippen LogP contribution is -2.52. The Morgan fingerprint density at radius 3 is 1.30 bits per heavy atom. The Balaban J connectivity index is 1.92. The number of hydrogen-bond donors (Lipinski definition) is 0. The van der Waals surface area contributed by atoms with E-state index < -0.39 is 17.1 Å². The van der Waals surface area contributed by atoms with Crippen LogP contribution >= 0.6 is 0 Å². The minimum Gasteiger partial charge on any atom is -0.415 e. The van der Waals surface area contributed by atoms with E-state index in [0.29, 0.717) is 13.2 Å². The van der Waals surface area contributed by atoms with E-state index in [1.807, 2.05) is 26.0 Å². The van der Waals surface area contributed by atoms with Crippen LogP contribution in [0.5, 0.6) is 0 Å². The number of benzene rings is 2. The van der Waals surface area contributed by atoms with E-state index in [-0.39, 0.29) is 12.6 Å². The summed E-state index contributed by atoms with van der Waals surface area (Å²) in [7, 11) is -5.00. The predicted molar refractivity (Wildman–Crippen MR) is 139 cm³/mol. The molecule has 5 nitrogen and oxygen atoms in total. The number of ether oxygens (including phenoxy) is 2. The lowest BCUT2D eigenvalue weighted by Gasteiger charge is -2.37. The molecule has 2 unspecified atom stereocenters. The first-order valence-corrected chi connectivity index (χ1v) is 17.7. The Labute approximate surface area is 202 Å². The van der Waals surface area contributed by atoms with Gasteiger partial charge in [-0.2, -0.15) is 0 Å². The third-order valence-corrected chi connectivity index (χ3v) is 10.6. The molecule has 0 aliphatic rings. The van der Waals surface area contributed by atoms with Gasteiger partial charge < -0.3 is 22.4 Å². The first-order valence-electron chi connectivity index (χ1n) is 12.1. The first-order chi connectivity index (χ1) is 15.7. The summed E-state index contributed by atoms with van der Waals surface area (Å²) in [4.78, 5) is 0. The molecule has 33 heavy (non-hydrogen) atoms. The highest BCUT2D eigenvalue weighted by Crippen LogP contribution is 2.23. The third-order valence-electron chi connectivity index (χ3n) is 5.05. The zero-order valence-corrected chi connectivity index (χ0v) is 23.2. The van der Waals surface area contributed by atoms with Crippen LogP contribution < -0.4 is 0 Å². The molecule has 0 bridgehead atoms. The molecule has 0 aliphatic carbocycles. The lowest BCUT2D eigenvalue weighted by atomic mass is 10.1. The minimum atomic E-state index is -2.50. The molecule has 0 amide bonds. The van der Waals surface area contributed by atoms with Crippen molar-refractivity contribution in [2.24, 2.45) is 0 Å². The molecule has 7 heteroatoms. The van der Waals surface area contributed by atoms with Gasteiger partial charge in [-0.15, -0.1) is 0 Å². The molecule has 184 valence electrons. The Hall–Kier alpha value is -1.33. The van der Waals surface area contributed by atoms with E-state index in [4.69, 9.17) is 22.4 Å². The van der Waals surface area contributed by atoms with Crippen molar-refractivity contribution in [2.75, 3.05) is 13.2 Å². The molecule has 2 aromatic rings. The number of rotatable bonds is 16. The molecular weight excluding hydrogens is 448 g/mol. The largest absolute Gasteiger partial charge is 0.415 e.